The Bertz CT molecular complexity index is 444. The zero-order chi connectivity index (χ0) is 14.3. The Hall–Kier alpha value is -2.04. The lowest BCUT2D eigenvalue weighted by molar-refractivity contribution is -0.124. The van der Waals surface area contributed by atoms with Crippen LogP contribution < -0.4 is 15.4 Å². The molecule has 0 aliphatic rings. The van der Waals surface area contributed by atoms with E-state index < -0.39 is 0 Å². The van der Waals surface area contributed by atoms with Crippen LogP contribution in [0.2, 0.25) is 0 Å². The fraction of sp³-hybridized carbons (Fsp3) is 0.429. The number of methoxy groups -OCH3 is 1. The third kappa shape index (κ3) is 5.42. The Balaban J connectivity index is 2.45. The van der Waals surface area contributed by atoms with Crippen molar-refractivity contribution in [1.29, 1.82) is 0 Å². The number of hydrogen-bond donors (Lipinski definition) is 2. The molecule has 0 saturated heterocycles. The van der Waals surface area contributed by atoms with Gasteiger partial charge in [-0.05, 0) is 26.0 Å². The van der Waals surface area contributed by atoms with Gasteiger partial charge in [0.15, 0.2) is 0 Å². The van der Waals surface area contributed by atoms with Crippen molar-refractivity contribution >= 4 is 17.5 Å². The lowest BCUT2D eigenvalue weighted by Crippen LogP contribution is -2.30. The zero-order valence-corrected chi connectivity index (χ0v) is 11.5. The summed E-state index contributed by atoms with van der Waals surface area (Å²) in [4.78, 5) is 23.1. The molecule has 0 aliphatic heterocycles. The summed E-state index contributed by atoms with van der Waals surface area (Å²) in [6.07, 6.45) is 0.329. The number of rotatable bonds is 6. The van der Waals surface area contributed by atoms with E-state index in [1.165, 1.54) is 0 Å². The summed E-state index contributed by atoms with van der Waals surface area (Å²) in [6, 6.07) is 7.24. The fourth-order valence-corrected chi connectivity index (χ4v) is 1.58. The number of nitrogens with one attached hydrogen (secondary N) is 2. The van der Waals surface area contributed by atoms with Crippen LogP contribution in [0.3, 0.4) is 0 Å². The number of anilines is 1. The van der Waals surface area contributed by atoms with Crippen molar-refractivity contribution in [3.63, 3.8) is 0 Å². The van der Waals surface area contributed by atoms with E-state index in [-0.39, 0.29) is 30.7 Å². The maximum Gasteiger partial charge on any atom is 0.224 e. The second kappa shape index (κ2) is 7.41. The summed E-state index contributed by atoms with van der Waals surface area (Å²) in [6.45, 7) is 3.76. The van der Waals surface area contributed by atoms with E-state index in [1.54, 1.807) is 19.2 Å². The van der Waals surface area contributed by atoms with Crippen molar-refractivity contribution in [3.8, 4) is 5.75 Å². The number of ether oxygens (including phenoxy) is 1. The molecule has 2 N–H and O–H groups in total. The van der Waals surface area contributed by atoms with Gasteiger partial charge in [-0.1, -0.05) is 12.1 Å². The van der Waals surface area contributed by atoms with Gasteiger partial charge in [-0.25, -0.2) is 0 Å². The predicted octanol–water partition coefficient (Wildman–Crippen LogP) is 1.94. The highest BCUT2D eigenvalue weighted by molar-refractivity contribution is 5.94. The number of hydrogen-bond acceptors (Lipinski definition) is 3. The van der Waals surface area contributed by atoms with Crippen molar-refractivity contribution in [2.75, 3.05) is 12.4 Å². The van der Waals surface area contributed by atoms with Crippen molar-refractivity contribution in [1.82, 2.24) is 5.32 Å². The zero-order valence-electron chi connectivity index (χ0n) is 11.5. The average Bonchev–Trinajstić information content (AvgIpc) is 2.36. The van der Waals surface area contributed by atoms with Crippen LogP contribution in [-0.2, 0) is 9.59 Å². The Morgan fingerprint density at radius 3 is 2.42 bits per heavy atom. The third-order valence-electron chi connectivity index (χ3n) is 2.41. The summed E-state index contributed by atoms with van der Waals surface area (Å²) < 4.78 is 5.13. The first kappa shape index (κ1) is 15.0. The van der Waals surface area contributed by atoms with Gasteiger partial charge in [-0.15, -0.1) is 0 Å². The molecule has 1 aromatic rings. The van der Waals surface area contributed by atoms with E-state index in [1.807, 2.05) is 26.0 Å². The van der Waals surface area contributed by atoms with Crippen molar-refractivity contribution in [2.45, 2.75) is 32.7 Å². The molecule has 1 rings (SSSR count). The molecule has 0 radical (unpaired) electrons. The molecule has 5 heteroatoms. The van der Waals surface area contributed by atoms with Crippen LogP contribution in [0.5, 0.6) is 5.75 Å². The molecule has 1 aromatic carbocycles. The van der Waals surface area contributed by atoms with E-state index in [9.17, 15) is 9.59 Å². The third-order valence-corrected chi connectivity index (χ3v) is 2.41. The second-order valence-electron chi connectivity index (χ2n) is 4.47. The van der Waals surface area contributed by atoms with Gasteiger partial charge in [-0.3, -0.25) is 9.59 Å². The van der Waals surface area contributed by atoms with Crippen LogP contribution in [0.1, 0.15) is 26.7 Å². The molecule has 2 amide bonds. The normalized spacial score (nSPS) is 10.1. The van der Waals surface area contributed by atoms with Crippen molar-refractivity contribution < 1.29 is 14.3 Å². The van der Waals surface area contributed by atoms with Crippen LogP contribution in [0.25, 0.3) is 0 Å². The van der Waals surface area contributed by atoms with Crippen LogP contribution >= 0.6 is 0 Å². The first-order valence-electron chi connectivity index (χ1n) is 6.25. The van der Waals surface area contributed by atoms with Crippen LogP contribution in [0.15, 0.2) is 24.3 Å². The van der Waals surface area contributed by atoms with Crippen molar-refractivity contribution in [2.24, 2.45) is 0 Å². The Kier molecular flexibility index (Phi) is 5.85. The van der Waals surface area contributed by atoms with Crippen molar-refractivity contribution in [3.05, 3.63) is 24.3 Å². The number of carbonyl (C=O) groups is 2. The van der Waals surface area contributed by atoms with Gasteiger partial charge in [0.2, 0.25) is 11.8 Å². The van der Waals surface area contributed by atoms with E-state index in [0.29, 0.717) is 11.4 Å². The molecule has 0 fully saturated rings. The molecule has 0 atom stereocenters. The molecule has 104 valence electrons. The van der Waals surface area contributed by atoms with E-state index >= 15 is 0 Å². The predicted molar refractivity (Wildman–Crippen MR) is 74.1 cm³/mol. The summed E-state index contributed by atoms with van der Waals surface area (Å²) in [5, 5.41) is 5.47. The summed E-state index contributed by atoms with van der Waals surface area (Å²) >= 11 is 0. The quantitative estimate of drug-likeness (QED) is 0.825. The lowest BCUT2D eigenvalue weighted by Gasteiger charge is -2.10. The molecule has 0 heterocycles. The number of benzene rings is 1. The van der Waals surface area contributed by atoms with Crippen LogP contribution in [0, 0.1) is 0 Å². The average molecular weight is 264 g/mol. The van der Waals surface area contributed by atoms with Gasteiger partial charge >= 0.3 is 0 Å². The first-order valence-corrected chi connectivity index (χ1v) is 6.25. The fourth-order valence-electron chi connectivity index (χ4n) is 1.58. The molecule has 19 heavy (non-hydrogen) atoms. The minimum atomic E-state index is -0.205. The largest absolute Gasteiger partial charge is 0.495 e. The van der Waals surface area contributed by atoms with Gasteiger partial charge in [0.05, 0.1) is 12.8 Å². The molecular formula is C14H20N2O3. The molecular weight excluding hydrogens is 244 g/mol. The first-order chi connectivity index (χ1) is 9.02. The highest BCUT2D eigenvalue weighted by Gasteiger charge is 2.10. The van der Waals surface area contributed by atoms with E-state index in [4.69, 9.17) is 4.74 Å². The minimum absolute atomic E-state index is 0.0878. The standard InChI is InChI=1S/C14H20N2O3/c1-10(2)15-13(17)8-9-14(18)16-11-6-4-5-7-12(11)19-3/h4-7,10H,8-9H2,1-3H3,(H,15,17)(H,16,18). The van der Waals surface area contributed by atoms with E-state index in [0.717, 1.165) is 0 Å². The highest BCUT2D eigenvalue weighted by Crippen LogP contribution is 2.23. The maximum atomic E-state index is 11.7. The monoisotopic (exact) mass is 264 g/mol. The topological polar surface area (TPSA) is 67.4 Å². The molecule has 0 aromatic heterocycles. The smallest absolute Gasteiger partial charge is 0.224 e. The van der Waals surface area contributed by atoms with Gasteiger partial charge < -0.3 is 15.4 Å². The van der Waals surface area contributed by atoms with Gasteiger partial charge in [-0.2, -0.15) is 0 Å². The Morgan fingerprint density at radius 1 is 1.16 bits per heavy atom. The summed E-state index contributed by atoms with van der Waals surface area (Å²) in [5.74, 6) is 0.274. The maximum absolute atomic E-state index is 11.7. The Morgan fingerprint density at radius 2 is 1.79 bits per heavy atom. The summed E-state index contributed by atoms with van der Waals surface area (Å²) in [7, 11) is 1.54. The summed E-state index contributed by atoms with van der Waals surface area (Å²) in [5.41, 5.74) is 0.610. The molecule has 0 unspecified atom stereocenters. The van der Waals surface area contributed by atoms with Crippen LogP contribution in [0.4, 0.5) is 5.69 Å². The molecule has 0 aliphatic carbocycles. The minimum Gasteiger partial charge on any atom is -0.495 e. The highest BCUT2D eigenvalue weighted by atomic mass is 16.5. The molecule has 0 saturated carbocycles. The number of para-hydroxylation sites is 2. The van der Waals surface area contributed by atoms with Gasteiger partial charge in [0, 0.05) is 18.9 Å². The number of amides is 2. The number of carbonyl (C=O) groups excluding carboxylic acids is 2. The molecule has 0 bridgehead atoms. The molecule has 0 spiro atoms. The SMILES string of the molecule is COc1ccccc1NC(=O)CCC(=O)NC(C)C. The molecule has 5 nitrogen and oxygen atoms in total. The lowest BCUT2D eigenvalue weighted by atomic mass is 10.2. The van der Waals surface area contributed by atoms with Gasteiger partial charge in [0.25, 0.3) is 0 Å². The Labute approximate surface area is 113 Å². The van der Waals surface area contributed by atoms with Gasteiger partial charge in [0.1, 0.15) is 5.75 Å². The van der Waals surface area contributed by atoms with Crippen LogP contribution in [-0.4, -0.2) is 25.0 Å². The second-order valence-corrected chi connectivity index (χ2v) is 4.47. The van der Waals surface area contributed by atoms with E-state index in [2.05, 4.69) is 10.6 Å².